The summed E-state index contributed by atoms with van der Waals surface area (Å²) in [6, 6.07) is 0. The van der Waals surface area contributed by atoms with Gasteiger partial charge in [0.25, 0.3) is 0 Å². The van der Waals surface area contributed by atoms with Gasteiger partial charge in [0.1, 0.15) is 0 Å². The van der Waals surface area contributed by atoms with E-state index in [-0.39, 0.29) is 24.5 Å². The monoisotopic (exact) mass is 926 g/mol. The molecule has 0 spiro atoms. The second-order valence-corrected chi connectivity index (χ2v) is 19.0. The molecule has 0 amide bonds. The van der Waals surface area contributed by atoms with Gasteiger partial charge in [-0.25, -0.2) is 0 Å². The standard InChI is InChI=1S/C56H111NO8/c1-6-11-16-20-26-36-49-62-55(63-50-37-27-21-17-12-7-2)42-40-53(58)60-47-34-30-24-32-45-57(44-15-10-5)46-33-25-31-35-48-61-54(59)41-43-56(64-51-38-28-22-18-13-8-3)65-52-39-29-23-19-14-9-4/h55-56H,6-52H2,1-5H3. The average molecular weight is 927 g/mol. The van der Waals surface area contributed by atoms with Gasteiger partial charge in [0.2, 0.25) is 0 Å². The van der Waals surface area contributed by atoms with E-state index in [2.05, 4.69) is 39.5 Å². The lowest BCUT2D eigenvalue weighted by molar-refractivity contribution is -0.159. The van der Waals surface area contributed by atoms with Crippen LogP contribution < -0.4 is 0 Å². The molecule has 0 unspecified atom stereocenters. The van der Waals surface area contributed by atoms with Crippen molar-refractivity contribution in [1.82, 2.24) is 4.90 Å². The third-order valence-corrected chi connectivity index (χ3v) is 12.5. The van der Waals surface area contributed by atoms with Gasteiger partial charge in [-0.2, -0.15) is 0 Å². The molecule has 0 aliphatic carbocycles. The van der Waals surface area contributed by atoms with Crippen molar-refractivity contribution in [3.8, 4) is 0 Å². The van der Waals surface area contributed by atoms with Crippen molar-refractivity contribution in [2.75, 3.05) is 59.3 Å². The van der Waals surface area contributed by atoms with Gasteiger partial charge in [0.05, 0.1) is 26.1 Å². The maximum absolute atomic E-state index is 12.6. The molecule has 9 nitrogen and oxygen atoms in total. The third-order valence-electron chi connectivity index (χ3n) is 12.5. The lowest BCUT2D eigenvalue weighted by Gasteiger charge is -2.22. The van der Waals surface area contributed by atoms with E-state index in [1.807, 2.05) is 0 Å². The summed E-state index contributed by atoms with van der Waals surface area (Å²) in [5.41, 5.74) is 0. The minimum atomic E-state index is -0.316. The van der Waals surface area contributed by atoms with Crippen LogP contribution in [0.15, 0.2) is 0 Å². The van der Waals surface area contributed by atoms with Crippen LogP contribution in [0.1, 0.15) is 279 Å². The van der Waals surface area contributed by atoms with Gasteiger partial charge in [0, 0.05) is 39.3 Å². The molecule has 0 rings (SSSR count). The first-order valence-electron chi connectivity index (χ1n) is 28.5. The van der Waals surface area contributed by atoms with Gasteiger partial charge >= 0.3 is 11.9 Å². The van der Waals surface area contributed by atoms with Crippen molar-refractivity contribution < 1.29 is 38.0 Å². The summed E-state index contributed by atoms with van der Waals surface area (Å²) in [6.07, 6.45) is 41.8. The van der Waals surface area contributed by atoms with E-state index in [9.17, 15) is 9.59 Å². The van der Waals surface area contributed by atoms with Crippen molar-refractivity contribution in [2.45, 2.75) is 291 Å². The van der Waals surface area contributed by atoms with E-state index in [0.29, 0.717) is 65.3 Å². The molecule has 0 saturated carbocycles. The van der Waals surface area contributed by atoms with Crippen molar-refractivity contribution in [3.05, 3.63) is 0 Å². The van der Waals surface area contributed by atoms with Crippen molar-refractivity contribution in [1.29, 1.82) is 0 Å². The fraction of sp³-hybridized carbons (Fsp3) is 0.964. The fourth-order valence-electron chi connectivity index (χ4n) is 8.11. The Balaban J connectivity index is 4.28. The predicted molar refractivity (Wildman–Crippen MR) is 274 cm³/mol. The second kappa shape index (κ2) is 53.7. The average Bonchev–Trinajstić information content (AvgIpc) is 3.31. The zero-order valence-corrected chi connectivity index (χ0v) is 44.1. The Labute approximate surface area is 404 Å². The quantitative estimate of drug-likeness (QED) is 0.0336. The van der Waals surface area contributed by atoms with Gasteiger partial charge < -0.3 is 33.3 Å². The Hall–Kier alpha value is -1.26. The summed E-state index contributed by atoms with van der Waals surface area (Å²) in [4.78, 5) is 27.8. The molecule has 9 heteroatoms. The number of nitrogens with zero attached hydrogens (tertiary/aromatic N) is 1. The largest absolute Gasteiger partial charge is 0.466 e. The van der Waals surface area contributed by atoms with Gasteiger partial charge in [-0.3, -0.25) is 9.59 Å². The number of esters is 2. The lowest BCUT2D eigenvalue weighted by atomic mass is 10.1. The normalized spacial score (nSPS) is 11.8. The molecule has 0 radical (unpaired) electrons. The first-order valence-corrected chi connectivity index (χ1v) is 28.5. The minimum absolute atomic E-state index is 0.137. The van der Waals surface area contributed by atoms with Crippen LogP contribution in [0.5, 0.6) is 0 Å². The Morgan fingerprint density at radius 3 is 0.862 bits per heavy atom. The number of ether oxygens (including phenoxy) is 6. The number of rotatable bonds is 55. The van der Waals surface area contributed by atoms with E-state index in [0.717, 1.165) is 83.8 Å². The highest BCUT2D eigenvalue weighted by molar-refractivity contribution is 5.69. The molecule has 388 valence electrons. The lowest BCUT2D eigenvalue weighted by Crippen LogP contribution is -2.27. The summed E-state index contributed by atoms with van der Waals surface area (Å²) >= 11 is 0. The first kappa shape index (κ1) is 63.7. The number of carbonyl (C=O) groups excluding carboxylic acids is 2. The molecule has 0 aromatic carbocycles. The summed E-state index contributed by atoms with van der Waals surface area (Å²) in [6.45, 7) is 18.5. The Morgan fingerprint density at radius 2 is 0.554 bits per heavy atom. The van der Waals surface area contributed by atoms with Crippen LogP contribution in [0.2, 0.25) is 0 Å². The van der Waals surface area contributed by atoms with Crippen LogP contribution in [0, 0.1) is 0 Å². The highest BCUT2D eigenvalue weighted by Crippen LogP contribution is 2.15. The zero-order chi connectivity index (χ0) is 47.4. The summed E-state index contributed by atoms with van der Waals surface area (Å²) < 4.78 is 35.7. The highest BCUT2D eigenvalue weighted by atomic mass is 16.7. The Morgan fingerprint density at radius 1 is 0.308 bits per heavy atom. The Kier molecular flexibility index (Phi) is 52.7. The number of unbranched alkanes of at least 4 members (excludes halogenated alkanes) is 27. The van der Waals surface area contributed by atoms with Gasteiger partial charge in [-0.05, 0) is 77.4 Å². The summed E-state index contributed by atoms with van der Waals surface area (Å²) in [5.74, 6) is -0.274. The molecule has 0 heterocycles. The first-order chi connectivity index (χ1) is 32.0. The molecule has 0 saturated heterocycles. The fourth-order valence-corrected chi connectivity index (χ4v) is 8.11. The van der Waals surface area contributed by atoms with E-state index >= 15 is 0 Å². The summed E-state index contributed by atoms with van der Waals surface area (Å²) in [5, 5.41) is 0. The van der Waals surface area contributed by atoms with Crippen molar-refractivity contribution in [3.63, 3.8) is 0 Å². The smallest absolute Gasteiger partial charge is 0.305 e. The predicted octanol–water partition coefficient (Wildman–Crippen LogP) is 16.0. The van der Waals surface area contributed by atoms with Crippen LogP contribution in [0.4, 0.5) is 0 Å². The van der Waals surface area contributed by atoms with E-state index in [1.165, 1.54) is 154 Å². The van der Waals surface area contributed by atoms with Crippen LogP contribution in [0.3, 0.4) is 0 Å². The minimum Gasteiger partial charge on any atom is -0.466 e. The molecule has 65 heavy (non-hydrogen) atoms. The van der Waals surface area contributed by atoms with Gasteiger partial charge in [-0.15, -0.1) is 0 Å². The number of hydrogen-bond acceptors (Lipinski definition) is 9. The molecule has 0 atom stereocenters. The maximum Gasteiger partial charge on any atom is 0.305 e. The van der Waals surface area contributed by atoms with E-state index in [4.69, 9.17) is 28.4 Å². The number of carbonyl (C=O) groups is 2. The van der Waals surface area contributed by atoms with E-state index in [1.54, 1.807) is 0 Å². The topological polar surface area (TPSA) is 92.8 Å². The zero-order valence-electron chi connectivity index (χ0n) is 44.1. The van der Waals surface area contributed by atoms with Crippen molar-refractivity contribution in [2.24, 2.45) is 0 Å². The second-order valence-electron chi connectivity index (χ2n) is 19.0. The van der Waals surface area contributed by atoms with Crippen LogP contribution in [-0.2, 0) is 38.0 Å². The maximum atomic E-state index is 12.6. The molecule has 0 aliphatic heterocycles. The SMILES string of the molecule is CCCCCCCCOC(CCC(=O)OCCCCCCN(CCCC)CCCCCCOC(=O)CCC(OCCCCCCCC)OCCCCCCCC)OCCCCCCCC. The van der Waals surface area contributed by atoms with Crippen LogP contribution in [0.25, 0.3) is 0 Å². The summed E-state index contributed by atoms with van der Waals surface area (Å²) in [7, 11) is 0. The molecule has 0 aliphatic rings. The van der Waals surface area contributed by atoms with Gasteiger partial charge in [0.15, 0.2) is 12.6 Å². The molecule has 0 N–H and O–H groups in total. The van der Waals surface area contributed by atoms with Crippen LogP contribution >= 0.6 is 0 Å². The van der Waals surface area contributed by atoms with Crippen LogP contribution in [-0.4, -0.2) is 88.7 Å². The molecular formula is C56H111NO8. The third kappa shape index (κ3) is 49.0. The molecule has 0 bridgehead atoms. The van der Waals surface area contributed by atoms with Crippen molar-refractivity contribution >= 4 is 11.9 Å². The Bertz CT molecular complexity index is 847. The molecule has 0 fully saturated rings. The molecule has 0 aromatic rings. The molecule has 0 aromatic heterocycles. The highest BCUT2D eigenvalue weighted by Gasteiger charge is 2.15. The van der Waals surface area contributed by atoms with E-state index < -0.39 is 0 Å². The molecular weight excluding hydrogens is 815 g/mol. The van der Waals surface area contributed by atoms with Gasteiger partial charge in [-0.1, -0.05) is 195 Å². The number of hydrogen-bond donors (Lipinski definition) is 0.